The van der Waals surface area contributed by atoms with E-state index in [4.69, 9.17) is 5.11 Å². The van der Waals surface area contributed by atoms with Gasteiger partial charge in [-0.2, -0.15) is 5.10 Å². The summed E-state index contributed by atoms with van der Waals surface area (Å²) in [7, 11) is 0. The highest BCUT2D eigenvalue weighted by atomic mass is 19.1. The second-order valence-electron chi connectivity index (χ2n) is 4.36. The number of hydrogen-bond acceptors (Lipinski definition) is 3. The van der Waals surface area contributed by atoms with E-state index >= 15 is 0 Å². The summed E-state index contributed by atoms with van der Waals surface area (Å²) in [5, 5.41) is 15.8. The Morgan fingerprint density at radius 3 is 2.85 bits per heavy atom. The predicted octanol–water partition coefficient (Wildman–Crippen LogP) is 1.51. The highest BCUT2D eigenvalue weighted by Crippen LogP contribution is 2.12. The highest BCUT2D eigenvalue weighted by Gasteiger charge is 2.14. The van der Waals surface area contributed by atoms with Crippen LogP contribution in [0.2, 0.25) is 0 Å². The van der Waals surface area contributed by atoms with Crippen molar-refractivity contribution in [2.75, 3.05) is 6.61 Å². The zero-order valence-corrected chi connectivity index (χ0v) is 11.1. The number of hydrogen-bond donors (Lipinski definition) is 2. The zero-order chi connectivity index (χ0) is 14.5. The smallest absolute Gasteiger partial charge is 0.272 e. The first-order valence-corrected chi connectivity index (χ1v) is 6.38. The maximum atomic E-state index is 13.6. The van der Waals surface area contributed by atoms with Crippen LogP contribution in [0.25, 0.3) is 5.69 Å². The van der Waals surface area contributed by atoms with Crippen LogP contribution in [0, 0.1) is 5.82 Å². The van der Waals surface area contributed by atoms with Gasteiger partial charge in [-0.1, -0.05) is 19.1 Å². The standard InChI is InChI=1S/C14H16FN3O2/c1-2-10(9-19)16-14(20)12-7-8-18(17-12)13-6-4-3-5-11(13)15/h3-8,10,19H,2,9H2,1H3,(H,16,20). The van der Waals surface area contributed by atoms with E-state index in [1.165, 1.54) is 23.0 Å². The maximum absolute atomic E-state index is 13.6. The second kappa shape index (κ2) is 6.29. The van der Waals surface area contributed by atoms with Crippen molar-refractivity contribution in [3.63, 3.8) is 0 Å². The Bertz CT molecular complexity index is 594. The number of halogens is 1. The van der Waals surface area contributed by atoms with Crippen molar-refractivity contribution in [3.8, 4) is 5.69 Å². The number of amides is 1. The summed E-state index contributed by atoms with van der Waals surface area (Å²) in [6.45, 7) is 1.73. The maximum Gasteiger partial charge on any atom is 0.272 e. The molecule has 0 radical (unpaired) electrons. The number of rotatable bonds is 5. The molecule has 1 amide bonds. The largest absolute Gasteiger partial charge is 0.394 e. The molecule has 6 heteroatoms. The summed E-state index contributed by atoms with van der Waals surface area (Å²) in [6, 6.07) is 7.39. The van der Waals surface area contributed by atoms with Gasteiger partial charge in [-0.3, -0.25) is 4.79 Å². The summed E-state index contributed by atoms with van der Waals surface area (Å²) in [6.07, 6.45) is 2.14. The van der Waals surface area contributed by atoms with E-state index in [-0.39, 0.29) is 29.9 Å². The van der Waals surface area contributed by atoms with Crippen molar-refractivity contribution in [3.05, 3.63) is 48.0 Å². The minimum atomic E-state index is -0.413. The third kappa shape index (κ3) is 3.03. The quantitative estimate of drug-likeness (QED) is 0.870. The van der Waals surface area contributed by atoms with Crippen LogP contribution < -0.4 is 5.32 Å². The molecule has 1 aromatic heterocycles. The SMILES string of the molecule is CCC(CO)NC(=O)c1ccn(-c2ccccc2F)n1. The van der Waals surface area contributed by atoms with Crippen LogP contribution in [0.1, 0.15) is 23.8 Å². The highest BCUT2D eigenvalue weighted by molar-refractivity contribution is 5.92. The van der Waals surface area contributed by atoms with Gasteiger partial charge in [0.15, 0.2) is 5.69 Å². The van der Waals surface area contributed by atoms with Gasteiger partial charge >= 0.3 is 0 Å². The molecule has 2 N–H and O–H groups in total. The minimum Gasteiger partial charge on any atom is -0.394 e. The summed E-state index contributed by atoms with van der Waals surface area (Å²) >= 11 is 0. The fourth-order valence-corrected chi connectivity index (χ4v) is 1.75. The molecule has 2 aromatic rings. The van der Waals surface area contributed by atoms with E-state index in [0.717, 1.165) is 0 Å². The predicted molar refractivity (Wildman–Crippen MR) is 72.2 cm³/mol. The molecular weight excluding hydrogens is 261 g/mol. The molecule has 0 spiro atoms. The Labute approximate surface area is 116 Å². The van der Waals surface area contributed by atoms with E-state index in [1.807, 2.05) is 6.92 Å². The third-order valence-corrected chi connectivity index (χ3v) is 2.97. The first kappa shape index (κ1) is 14.2. The lowest BCUT2D eigenvalue weighted by Gasteiger charge is -2.12. The van der Waals surface area contributed by atoms with Crippen molar-refractivity contribution in [1.29, 1.82) is 0 Å². The number of aliphatic hydroxyl groups excluding tert-OH is 1. The average molecular weight is 277 g/mol. The number of para-hydroxylation sites is 1. The molecule has 20 heavy (non-hydrogen) atoms. The van der Waals surface area contributed by atoms with Crippen LogP contribution in [0.3, 0.4) is 0 Å². The van der Waals surface area contributed by atoms with Gasteiger partial charge in [-0.25, -0.2) is 9.07 Å². The second-order valence-corrected chi connectivity index (χ2v) is 4.36. The van der Waals surface area contributed by atoms with E-state index in [0.29, 0.717) is 6.42 Å². The van der Waals surface area contributed by atoms with Crippen molar-refractivity contribution >= 4 is 5.91 Å². The summed E-state index contributed by atoms with van der Waals surface area (Å²) < 4.78 is 14.9. The van der Waals surface area contributed by atoms with Gasteiger partial charge in [-0.05, 0) is 24.6 Å². The zero-order valence-electron chi connectivity index (χ0n) is 11.1. The van der Waals surface area contributed by atoms with Crippen LogP contribution in [-0.4, -0.2) is 33.4 Å². The van der Waals surface area contributed by atoms with Gasteiger partial charge < -0.3 is 10.4 Å². The lowest BCUT2D eigenvalue weighted by Crippen LogP contribution is -2.37. The van der Waals surface area contributed by atoms with Gasteiger partial charge in [0.25, 0.3) is 5.91 Å². The molecule has 0 fully saturated rings. The Kier molecular flexibility index (Phi) is 4.47. The molecule has 1 aromatic carbocycles. The molecule has 0 aliphatic carbocycles. The molecular formula is C14H16FN3O2. The molecule has 0 saturated carbocycles. The molecule has 0 saturated heterocycles. The van der Waals surface area contributed by atoms with Crippen LogP contribution in [-0.2, 0) is 0 Å². The summed E-state index contributed by atoms with van der Waals surface area (Å²) in [5.74, 6) is -0.801. The Morgan fingerprint density at radius 2 is 2.20 bits per heavy atom. The third-order valence-electron chi connectivity index (χ3n) is 2.97. The first-order valence-electron chi connectivity index (χ1n) is 6.38. The molecule has 2 rings (SSSR count). The fraction of sp³-hybridized carbons (Fsp3) is 0.286. The normalized spacial score (nSPS) is 12.2. The molecule has 5 nitrogen and oxygen atoms in total. The van der Waals surface area contributed by atoms with E-state index in [1.54, 1.807) is 18.2 Å². The molecule has 1 heterocycles. The molecule has 1 atom stereocenters. The number of nitrogens with zero attached hydrogens (tertiary/aromatic N) is 2. The van der Waals surface area contributed by atoms with Crippen LogP contribution in [0.5, 0.6) is 0 Å². The Hall–Kier alpha value is -2.21. The monoisotopic (exact) mass is 277 g/mol. The van der Waals surface area contributed by atoms with Gasteiger partial charge in [0.05, 0.1) is 12.6 Å². The van der Waals surface area contributed by atoms with Crippen LogP contribution in [0.15, 0.2) is 36.5 Å². The first-order chi connectivity index (χ1) is 9.65. The molecule has 0 bridgehead atoms. The lowest BCUT2D eigenvalue weighted by atomic mass is 10.2. The van der Waals surface area contributed by atoms with Crippen molar-refractivity contribution in [2.24, 2.45) is 0 Å². The average Bonchev–Trinajstić information content (AvgIpc) is 2.94. The molecule has 0 aliphatic rings. The minimum absolute atomic E-state index is 0.129. The van der Waals surface area contributed by atoms with E-state index in [2.05, 4.69) is 10.4 Å². The summed E-state index contributed by atoms with van der Waals surface area (Å²) in [4.78, 5) is 11.9. The Morgan fingerprint density at radius 1 is 1.45 bits per heavy atom. The summed E-state index contributed by atoms with van der Waals surface area (Å²) in [5.41, 5.74) is 0.459. The lowest BCUT2D eigenvalue weighted by molar-refractivity contribution is 0.0909. The van der Waals surface area contributed by atoms with Crippen molar-refractivity contribution in [1.82, 2.24) is 15.1 Å². The van der Waals surface area contributed by atoms with Crippen LogP contribution in [0.4, 0.5) is 4.39 Å². The Balaban J connectivity index is 2.17. The number of aromatic nitrogens is 2. The molecule has 106 valence electrons. The number of nitrogens with one attached hydrogen (secondary N) is 1. The molecule has 0 aliphatic heterocycles. The van der Waals surface area contributed by atoms with Crippen LogP contribution >= 0.6 is 0 Å². The van der Waals surface area contributed by atoms with Crippen molar-refractivity contribution < 1.29 is 14.3 Å². The van der Waals surface area contributed by atoms with Gasteiger partial charge in [0, 0.05) is 6.20 Å². The van der Waals surface area contributed by atoms with E-state index < -0.39 is 5.82 Å². The fourth-order valence-electron chi connectivity index (χ4n) is 1.75. The number of aliphatic hydroxyl groups is 1. The van der Waals surface area contributed by atoms with E-state index in [9.17, 15) is 9.18 Å². The van der Waals surface area contributed by atoms with Gasteiger partial charge in [-0.15, -0.1) is 0 Å². The molecule has 1 unspecified atom stereocenters. The number of carbonyl (C=O) groups excluding carboxylic acids is 1. The van der Waals surface area contributed by atoms with Gasteiger partial charge in [0.1, 0.15) is 11.5 Å². The number of benzene rings is 1. The van der Waals surface area contributed by atoms with Crippen molar-refractivity contribution in [2.45, 2.75) is 19.4 Å². The van der Waals surface area contributed by atoms with Gasteiger partial charge in [0.2, 0.25) is 0 Å². The topological polar surface area (TPSA) is 67.2 Å². The number of carbonyl (C=O) groups is 1.